The second-order valence-corrected chi connectivity index (χ2v) is 4.52. The molecule has 2 rings (SSSR count). The van der Waals surface area contributed by atoms with Crippen molar-refractivity contribution in [3.8, 4) is 0 Å². The van der Waals surface area contributed by atoms with Crippen molar-refractivity contribution in [2.75, 3.05) is 0 Å². The van der Waals surface area contributed by atoms with E-state index in [0.717, 1.165) is 0 Å². The van der Waals surface area contributed by atoms with Crippen LogP contribution in [0.15, 0.2) is 24.3 Å². The molecule has 0 aliphatic carbocycles. The summed E-state index contributed by atoms with van der Waals surface area (Å²) >= 11 is 0. The minimum absolute atomic E-state index is 0. The van der Waals surface area contributed by atoms with Crippen LogP contribution < -0.4 is 4.57 Å². The van der Waals surface area contributed by atoms with E-state index in [-0.39, 0.29) is 20.4 Å². The molecule has 0 atom stereocenters. The minimum Gasteiger partial charge on any atom is -0.342 e. The summed E-state index contributed by atoms with van der Waals surface area (Å²) in [7, 11) is 0. The molecule has 1 heterocycles. The van der Waals surface area contributed by atoms with Crippen LogP contribution in [0, 0.1) is 6.33 Å². The van der Waals surface area contributed by atoms with E-state index < -0.39 is 0 Å². The molecule has 3 heteroatoms. The second kappa shape index (κ2) is 5.12. The van der Waals surface area contributed by atoms with Crippen LogP contribution in [0.2, 0.25) is 0 Å². The Hall–Kier alpha value is -0.648. The van der Waals surface area contributed by atoms with Crippen LogP contribution in [-0.4, -0.2) is 4.57 Å². The number of hydrogen-bond acceptors (Lipinski definition) is 0. The van der Waals surface area contributed by atoms with E-state index in [2.05, 4.69) is 67.4 Å². The van der Waals surface area contributed by atoms with Crippen LogP contribution in [0.5, 0.6) is 0 Å². The summed E-state index contributed by atoms with van der Waals surface area (Å²) in [5.74, 6) is 0. The van der Waals surface area contributed by atoms with Crippen LogP contribution in [0.1, 0.15) is 39.8 Å². The van der Waals surface area contributed by atoms with Crippen LogP contribution in [0.25, 0.3) is 11.0 Å². The Balaban J connectivity index is 0.00000128. The molecule has 0 fully saturated rings. The third-order valence-electron chi connectivity index (χ3n) is 2.65. The predicted octanol–water partition coefficient (Wildman–Crippen LogP) is 2.89. The molecule has 2 nitrogen and oxygen atoms in total. The maximum atomic E-state index is 3.42. The Morgan fingerprint density at radius 2 is 1.75 bits per heavy atom. The van der Waals surface area contributed by atoms with E-state index in [4.69, 9.17) is 0 Å². The van der Waals surface area contributed by atoms with Gasteiger partial charge in [0.25, 0.3) is 0 Å². The SMILES string of the molecule is CC(C)n1[c-][n+](C(C)C)c2ccccc21.[Pd]. The standard InChI is InChI=1S/C13H18N2.Pd/c1-10(2)14-9-15(11(3)4)13-8-6-5-7-12(13)14;/h5-8,10-11H,1-4H3;. The molecule has 1 aromatic heterocycles. The van der Waals surface area contributed by atoms with Gasteiger partial charge in [-0.05, 0) is 27.7 Å². The van der Waals surface area contributed by atoms with Crippen LogP contribution >= 0.6 is 0 Å². The molecular weight excluding hydrogens is 291 g/mol. The maximum Gasteiger partial charge on any atom is 0.205 e. The predicted molar refractivity (Wildman–Crippen MR) is 61.7 cm³/mol. The molecule has 1 aromatic carbocycles. The third-order valence-corrected chi connectivity index (χ3v) is 2.65. The van der Waals surface area contributed by atoms with Crippen molar-refractivity contribution in [1.82, 2.24) is 4.57 Å². The second-order valence-electron chi connectivity index (χ2n) is 4.52. The van der Waals surface area contributed by atoms with Gasteiger partial charge in [0.1, 0.15) is 0 Å². The van der Waals surface area contributed by atoms with Gasteiger partial charge < -0.3 is 9.13 Å². The zero-order valence-electron chi connectivity index (χ0n) is 10.2. The molecule has 0 spiro atoms. The Morgan fingerprint density at radius 1 is 1.12 bits per heavy atom. The first-order chi connectivity index (χ1) is 7.11. The zero-order chi connectivity index (χ0) is 11.0. The first kappa shape index (κ1) is 13.4. The number of para-hydroxylation sites is 2. The van der Waals surface area contributed by atoms with Gasteiger partial charge in [0.2, 0.25) is 6.33 Å². The Labute approximate surface area is 111 Å². The first-order valence-electron chi connectivity index (χ1n) is 5.55. The molecule has 90 valence electrons. The van der Waals surface area contributed by atoms with Gasteiger partial charge in [-0.1, -0.05) is 24.3 Å². The Bertz CT molecular complexity index is 430. The summed E-state index contributed by atoms with van der Waals surface area (Å²) in [6, 6.07) is 9.39. The number of fused-ring (bicyclic) bond motifs is 1. The first-order valence-corrected chi connectivity index (χ1v) is 5.55. The van der Waals surface area contributed by atoms with E-state index in [1.807, 2.05) is 0 Å². The van der Waals surface area contributed by atoms with Crippen molar-refractivity contribution < 1.29 is 25.0 Å². The normalized spacial score (nSPS) is 11.1. The minimum atomic E-state index is 0. The summed E-state index contributed by atoms with van der Waals surface area (Å²) in [5.41, 5.74) is 2.53. The maximum absolute atomic E-state index is 3.42. The Kier molecular flexibility index (Phi) is 4.29. The molecule has 0 bridgehead atoms. The van der Waals surface area contributed by atoms with Gasteiger partial charge in [0.05, 0.1) is 12.1 Å². The quantitative estimate of drug-likeness (QED) is 0.458. The number of nitrogens with zero attached hydrogens (tertiary/aromatic N) is 2. The monoisotopic (exact) mass is 308 g/mol. The fourth-order valence-electron chi connectivity index (χ4n) is 1.88. The molecule has 0 saturated carbocycles. The van der Waals surface area contributed by atoms with E-state index >= 15 is 0 Å². The Morgan fingerprint density at radius 3 is 2.31 bits per heavy atom. The molecule has 0 unspecified atom stereocenters. The molecule has 0 radical (unpaired) electrons. The van der Waals surface area contributed by atoms with Gasteiger partial charge >= 0.3 is 0 Å². The van der Waals surface area contributed by atoms with Crippen molar-refractivity contribution in [3.05, 3.63) is 30.6 Å². The van der Waals surface area contributed by atoms with Crippen molar-refractivity contribution >= 4 is 11.0 Å². The van der Waals surface area contributed by atoms with Crippen LogP contribution in [0.4, 0.5) is 0 Å². The van der Waals surface area contributed by atoms with Crippen molar-refractivity contribution in [2.24, 2.45) is 0 Å². The average molecular weight is 309 g/mol. The van der Waals surface area contributed by atoms with Gasteiger partial charge in [-0.15, -0.1) is 0 Å². The third kappa shape index (κ3) is 2.21. The number of rotatable bonds is 2. The summed E-state index contributed by atoms with van der Waals surface area (Å²) in [5, 5.41) is 0. The molecule has 0 N–H and O–H groups in total. The average Bonchev–Trinajstić information content (AvgIpc) is 2.56. The summed E-state index contributed by atoms with van der Waals surface area (Å²) < 4.78 is 4.41. The molecule has 0 aliphatic heterocycles. The number of aromatic nitrogens is 2. The number of benzene rings is 1. The van der Waals surface area contributed by atoms with E-state index in [9.17, 15) is 0 Å². The number of hydrogen-bond donors (Lipinski definition) is 0. The largest absolute Gasteiger partial charge is 0.342 e. The van der Waals surface area contributed by atoms with Crippen molar-refractivity contribution in [1.29, 1.82) is 0 Å². The van der Waals surface area contributed by atoms with Crippen LogP contribution in [0.3, 0.4) is 0 Å². The van der Waals surface area contributed by atoms with E-state index in [0.29, 0.717) is 12.1 Å². The molecule has 0 aliphatic rings. The molecule has 0 saturated heterocycles. The smallest absolute Gasteiger partial charge is 0.205 e. The van der Waals surface area contributed by atoms with E-state index in [1.165, 1.54) is 11.0 Å². The van der Waals surface area contributed by atoms with Gasteiger partial charge in [-0.25, -0.2) is 0 Å². The summed E-state index contributed by atoms with van der Waals surface area (Å²) in [6.45, 7) is 8.75. The fraction of sp³-hybridized carbons (Fsp3) is 0.462. The van der Waals surface area contributed by atoms with Gasteiger partial charge in [-0.2, -0.15) is 0 Å². The molecule has 2 aromatic rings. The van der Waals surface area contributed by atoms with Crippen molar-refractivity contribution in [2.45, 2.75) is 39.8 Å². The molecular formula is C13H18N2Pd. The van der Waals surface area contributed by atoms with Crippen LogP contribution in [-0.2, 0) is 20.4 Å². The fourth-order valence-corrected chi connectivity index (χ4v) is 1.88. The summed E-state index contributed by atoms with van der Waals surface area (Å²) in [4.78, 5) is 0. The van der Waals surface area contributed by atoms with E-state index in [1.54, 1.807) is 0 Å². The van der Waals surface area contributed by atoms with Crippen molar-refractivity contribution in [3.63, 3.8) is 0 Å². The summed E-state index contributed by atoms with van der Waals surface area (Å²) in [6.07, 6.45) is 3.42. The van der Waals surface area contributed by atoms with Gasteiger partial charge in [0, 0.05) is 31.5 Å². The topological polar surface area (TPSA) is 8.81 Å². The van der Waals surface area contributed by atoms with Gasteiger partial charge in [-0.3, -0.25) is 0 Å². The number of imidazole rings is 1. The molecule has 16 heavy (non-hydrogen) atoms. The van der Waals surface area contributed by atoms with Gasteiger partial charge in [0.15, 0.2) is 0 Å². The molecule has 0 amide bonds. The zero-order valence-corrected chi connectivity index (χ0v) is 11.7.